The van der Waals surface area contributed by atoms with Gasteiger partial charge in [0.1, 0.15) is 0 Å². The fourth-order valence-corrected chi connectivity index (χ4v) is 2.88. The van der Waals surface area contributed by atoms with Gasteiger partial charge in [-0.2, -0.15) is 0 Å². The number of rotatable bonds is 6. The van der Waals surface area contributed by atoms with Crippen molar-refractivity contribution in [2.24, 2.45) is 5.92 Å². The molecular weight excluding hydrogens is 278 g/mol. The van der Waals surface area contributed by atoms with Crippen LogP contribution in [0.1, 0.15) is 32.2 Å². The smallest absolute Gasteiger partial charge is 0.247 e. The van der Waals surface area contributed by atoms with Crippen LogP contribution in [0.5, 0.6) is 0 Å². The van der Waals surface area contributed by atoms with E-state index in [1.807, 2.05) is 30.3 Å². The highest BCUT2D eigenvalue weighted by atomic mass is 16.5. The SMILES string of the molecule is CCN(CC1CCOC1)C(C)c1nnc(-c2ccccc2)o1. The zero-order chi connectivity index (χ0) is 15.4. The number of ether oxygens (including phenoxy) is 1. The highest BCUT2D eigenvalue weighted by molar-refractivity contribution is 5.51. The molecule has 2 unspecified atom stereocenters. The minimum atomic E-state index is 0.121. The maximum atomic E-state index is 5.88. The molecule has 1 aliphatic heterocycles. The van der Waals surface area contributed by atoms with Crippen LogP contribution < -0.4 is 0 Å². The molecule has 1 fully saturated rings. The van der Waals surface area contributed by atoms with E-state index in [2.05, 4.69) is 28.9 Å². The van der Waals surface area contributed by atoms with Crippen molar-refractivity contribution < 1.29 is 9.15 Å². The van der Waals surface area contributed by atoms with Crippen LogP contribution in [0.25, 0.3) is 11.5 Å². The lowest BCUT2D eigenvalue weighted by Crippen LogP contribution is -2.32. The van der Waals surface area contributed by atoms with Crippen molar-refractivity contribution in [1.82, 2.24) is 15.1 Å². The van der Waals surface area contributed by atoms with Crippen LogP contribution in [0.15, 0.2) is 34.7 Å². The van der Waals surface area contributed by atoms with Gasteiger partial charge in [-0.25, -0.2) is 0 Å². The summed E-state index contributed by atoms with van der Waals surface area (Å²) in [4.78, 5) is 2.38. The van der Waals surface area contributed by atoms with Crippen molar-refractivity contribution in [3.63, 3.8) is 0 Å². The van der Waals surface area contributed by atoms with E-state index < -0.39 is 0 Å². The number of hydrogen-bond acceptors (Lipinski definition) is 5. The minimum absolute atomic E-state index is 0.121. The van der Waals surface area contributed by atoms with Crippen LogP contribution in [0, 0.1) is 5.92 Å². The maximum absolute atomic E-state index is 5.88. The molecular formula is C17H23N3O2. The molecule has 1 aromatic carbocycles. The van der Waals surface area contributed by atoms with Gasteiger partial charge in [0.2, 0.25) is 11.8 Å². The van der Waals surface area contributed by atoms with Crippen LogP contribution in [0.3, 0.4) is 0 Å². The topological polar surface area (TPSA) is 51.4 Å². The molecule has 0 spiro atoms. The van der Waals surface area contributed by atoms with Gasteiger partial charge in [-0.15, -0.1) is 10.2 Å². The summed E-state index contributed by atoms with van der Waals surface area (Å²) >= 11 is 0. The van der Waals surface area contributed by atoms with E-state index in [4.69, 9.17) is 9.15 Å². The number of hydrogen-bond donors (Lipinski definition) is 0. The predicted molar refractivity (Wildman–Crippen MR) is 84.3 cm³/mol. The summed E-state index contributed by atoms with van der Waals surface area (Å²) in [5, 5.41) is 8.43. The van der Waals surface area contributed by atoms with E-state index in [9.17, 15) is 0 Å². The van der Waals surface area contributed by atoms with Gasteiger partial charge in [-0.3, -0.25) is 4.90 Å². The molecule has 0 amide bonds. The first-order valence-corrected chi connectivity index (χ1v) is 7.98. The maximum Gasteiger partial charge on any atom is 0.247 e. The Labute approximate surface area is 131 Å². The molecule has 1 aliphatic rings. The Morgan fingerprint density at radius 1 is 1.27 bits per heavy atom. The normalized spacial score (nSPS) is 19.7. The van der Waals surface area contributed by atoms with Crippen LogP contribution in [0.2, 0.25) is 0 Å². The second-order valence-corrected chi connectivity index (χ2v) is 5.80. The van der Waals surface area contributed by atoms with Gasteiger partial charge in [0, 0.05) is 18.7 Å². The third kappa shape index (κ3) is 3.36. The lowest BCUT2D eigenvalue weighted by atomic mass is 10.1. The van der Waals surface area contributed by atoms with Crippen molar-refractivity contribution in [3.05, 3.63) is 36.2 Å². The van der Waals surface area contributed by atoms with Gasteiger partial charge in [0.25, 0.3) is 0 Å². The quantitative estimate of drug-likeness (QED) is 0.820. The van der Waals surface area contributed by atoms with Gasteiger partial charge in [0.05, 0.1) is 12.6 Å². The molecule has 22 heavy (non-hydrogen) atoms. The van der Waals surface area contributed by atoms with Gasteiger partial charge in [-0.1, -0.05) is 25.1 Å². The van der Waals surface area contributed by atoms with Gasteiger partial charge >= 0.3 is 0 Å². The third-order valence-corrected chi connectivity index (χ3v) is 4.29. The Bertz CT molecular complexity index is 579. The summed E-state index contributed by atoms with van der Waals surface area (Å²) in [5.74, 6) is 1.88. The lowest BCUT2D eigenvalue weighted by Gasteiger charge is -2.27. The van der Waals surface area contributed by atoms with Crippen molar-refractivity contribution in [2.45, 2.75) is 26.3 Å². The molecule has 0 radical (unpaired) electrons. The Morgan fingerprint density at radius 2 is 2.09 bits per heavy atom. The van der Waals surface area contributed by atoms with E-state index in [1.165, 1.54) is 0 Å². The zero-order valence-electron chi connectivity index (χ0n) is 13.2. The van der Waals surface area contributed by atoms with E-state index in [-0.39, 0.29) is 6.04 Å². The van der Waals surface area contributed by atoms with E-state index in [1.54, 1.807) is 0 Å². The first kappa shape index (κ1) is 15.2. The van der Waals surface area contributed by atoms with Gasteiger partial charge in [-0.05, 0) is 37.9 Å². The number of benzene rings is 1. The summed E-state index contributed by atoms with van der Waals surface area (Å²) in [6, 6.07) is 10.0. The average molecular weight is 301 g/mol. The molecule has 2 atom stereocenters. The highest BCUT2D eigenvalue weighted by Gasteiger charge is 2.25. The summed E-state index contributed by atoms with van der Waals surface area (Å²) < 4.78 is 11.4. The molecule has 118 valence electrons. The van der Waals surface area contributed by atoms with Crippen LogP contribution in [-0.2, 0) is 4.74 Å². The van der Waals surface area contributed by atoms with Crippen molar-refractivity contribution in [2.75, 3.05) is 26.3 Å². The molecule has 2 heterocycles. The van der Waals surface area contributed by atoms with Crippen molar-refractivity contribution in [1.29, 1.82) is 0 Å². The summed E-state index contributed by atoms with van der Waals surface area (Å²) in [7, 11) is 0. The van der Waals surface area contributed by atoms with Gasteiger partial charge in [0.15, 0.2) is 0 Å². The Hall–Kier alpha value is -1.72. The van der Waals surface area contributed by atoms with Crippen molar-refractivity contribution in [3.8, 4) is 11.5 Å². The number of aromatic nitrogens is 2. The highest BCUT2D eigenvalue weighted by Crippen LogP contribution is 2.25. The largest absolute Gasteiger partial charge is 0.419 e. The monoisotopic (exact) mass is 301 g/mol. The second kappa shape index (κ2) is 7.03. The van der Waals surface area contributed by atoms with Crippen LogP contribution in [0.4, 0.5) is 0 Å². The molecule has 1 aromatic heterocycles. The third-order valence-electron chi connectivity index (χ3n) is 4.29. The molecule has 3 rings (SSSR count). The molecule has 1 saturated heterocycles. The fourth-order valence-electron chi connectivity index (χ4n) is 2.88. The Morgan fingerprint density at radius 3 is 2.77 bits per heavy atom. The first-order chi connectivity index (χ1) is 10.8. The Kier molecular flexibility index (Phi) is 4.85. The minimum Gasteiger partial charge on any atom is -0.419 e. The average Bonchev–Trinajstić information content (AvgIpc) is 3.24. The molecule has 2 aromatic rings. The molecule has 0 bridgehead atoms. The molecule has 5 heteroatoms. The lowest BCUT2D eigenvalue weighted by molar-refractivity contribution is 0.141. The standard InChI is InChI=1S/C17H23N3O2/c1-3-20(11-14-9-10-21-12-14)13(2)16-18-19-17(22-16)15-7-5-4-6-8-15/h4-8,13-14H,3,9-12H2,1-2H3. The second-order valence-electron chi connectivity index (χ2n) is 5.80. The zero-order valence-corrected chi connectivity index (χ0v) is 13.2. The molecule has 0 saturated carbocycles. The van der Waals surface area contributed by atoms with E-state index in [0.717, 1.165) is 38.3 Å². The Balaban J connectivity index is 1.70. The predicted octanol–water partition coefficient (Wildman–Crippen LogP) is 3.16. The summed E-state index contributed by atoms with van der Waals surface area (Å²) in [5.41, 5.74) is 0.959. The number of nitrogens with zero attached hydrogens (tertiary/aromatic N) is 3. The van der Waals surface area contributed by atoms with E-state index in [0.29, 0.717) is 17.7 Å². The van der Waals surface area contributed by atoms with E-state index >= 15 is 0 Å². The molecule has 0 aliphatic carbocycles. The van der Waals surface area contributed by atoms with Crippen LogP contribution in [-0.4, -0.2) is 41.4 Å². The van der Waals surface area contributed by atoms with Crippen molar-refractivity contribution >= 4 is 0 Å². The van der Waals surface area contributed by atoms with Gasteiger partial charge < -0.3 is 9.15 Å². The first-order valence-electron chi connectivity index (χ1n) is 7.98. The fraction of sp³-hybridized carbons (Fsp3) is 0.529. The summed E-state index contributed by atoms with van der Waals surface area (Å²) in [6.45, 7) is 8.02. The summed E-state index contributed by atoms with van der Waals surface area (Å²) in [6.07, 6.45) is 1.14. The molecule has 5 nitrogen and oxygen atoms in total. The molecule has 0 N–H and O–H groups in total. The van der Waals surface area contributed by atoms with Crippen LogP contribution >= 0.6 is 0 Å².